The lowest BCUT2D eigenvalue weighted by Crippen LogP contribution is -2.50. The van der Waals surface area contributed by atoms with Crippen LogP contribution in [-0.2, 0) is 4.79 Å². The van der Waals surface area contributed by atoms with Crippen molar-refractivity contribution in [3.63, 3.8) is 0 Å². The van der Waals surface area contributed by atoms with Crippen molar-refractivity contribution in [3.05, 3.63) is 77.9 Å². The zero-order valence-electron chi connectivity index (χ0n) is 18.3. The average molecular weight is 448 g/mol. The van der Waals surface area contributed by atoms with Crippen molar-refractivity contribution in [1.82, 2.24) is 19.6 Å². The highest BCUT2D eigenvalue weighted by molar-refractivity contribution is 5.94. The molecule has 1 aliphatic carbocycles. The van der Waals surface area contributed by atoms with Crippen molar-refractivity contribution >= 4 is 17.5 Å². The molecule has 2 heterocycles. The number of benzene rings is 2. The summed E-state index contributed by atoms with van der Waals surface area (Å²) in [6, 6.07) is 17.4. The van der Waals surface area contributed by atoms with Gasteiger partial charge in [0.25, 0.3) is 5.91 Å². The lowest BCUT2D eigenvalue weighted by molar-refractivity contribution is -0.117. The molecule has 7 nitrogen and oxygen atoms in total. The molecule has 1 saturated heterocycles. The first-order valence-corrected chi connectivity index (χ1v) is 11.3. The Hall–Kier alpha value is -3.52. The Morgan fingerprint density at radius 2 is 1.67 bits per heavy atom. The van der Waals surface area contributed by atoms with Crippen molar-refractivity contribution in [1.29, 1.82) is 0 Å². The zero-order chi connectivity index (χ0) is 22.8. The number of piperazine rings is 1. The number of para-hydroxylation sites is 1. The number of amides is 2. The molecule has 1 N–H and O–H groups in total. The number of rotatable bonds is 6. The lowest BCUT2D eigenvalue weighted by atomic mass is 10.2. The molecule has 8 heteroatoms. The maximum atomic E-state index is 13.4. The fourth-order valence-electron chi connectivity index (χ4n) is 4.10. The minimum absolute atomic E-state index is 0.0336. The summed E-state index contributed by atoms with van der Waals surface area (Å²) in [5.74, 6) is -0.0732. The molecule has 0 bridgehead atoms. The minimum atomic E-state index is -0.341. The first-order valence-electron chi connectivity index (χ1n) is 11.3. The number of carbonyl (C=O) groups is 2. The number of nitrogens with zero attached hydrogens (tertiary/aromatic N) is 4. The van der Waals surface area contributed by atoms with E-state index in [1.807, 2.05) is 46.2 Å². The van der Waals surface area contributed by atoms with E-state index in [1.54, 1.807) is 4.68 Å². The van der Waals surface area contributed by atoms with Gasteiger partial charge >= 0.3 is 0 Å². The predicted octanol–water partition coefficient (Wildman–Crippen LogP) is 3.29. The topological polar surface area (TPSA) is 70.5 Å². The molecule has 170 valence electrons. The molecule has 1 aliphatic heterocycles. The van der Waals surface area contributed by atoms with Crippen molar-refractivity contribution in [2.24, 2.45) is 0 Å². The Bertz CT molecular complexity index is 1130. The molecule has 1 saturated carbocycles. The van der Waals surface area contributed by atoms with Crippen LogP contribution in [0.1, 0.15) is 34.9 Å². The van der Waals surface area contributed by atoms with E-state index in [2.05, 4.69) is 5.32 Å². The highest BCUT2D eigenvalue weighted by Gasteiger charge is 2.31. The van der Waals surface area contributed by atoms with Crippen molar-refractivity contribution in [2.75, 3.05) is 38.0 Å². The number of aromatic nitrogens is 2. The second kappa shape index (κ2) is 9.15. The van der Waals surface area contributed by atoms with Crippen LogP contribution in [0.2, 0.25) is 0 Å². The Morgan fingerprint density at radius 3 is 2.33 bits per heavy atom. The smallest absolute Gasteiger partial charge is 0.272 e. The van der Waals surface area contributed by atoms with E-state index in [9.17, 15) is 14.0 Å². The normalized spacial score (nSPS) is 16.6. The summed E-state index contributed by atoms with van der Waals surface area (Å²) in [4.78, 5) is 29.6. The summed E-state index contributed by atoms with van der Waals surface area (Å²) in [5, 5.41) is 7.52. The molecule has 33 heavy (non-hydrogen) atoms. The maximum absolute atomic E-state index is 13.4. The second-order valence-corrected chi connectivity index (χ2v) is 8.60. The molecule has 1 aromatic heterocycles. The number of hydrogen-bond donors (Lipinski definition) is 1. The Kier molecular flexibility index (Phi) is 5.92. The van der Waals surface area contributed by atoms with Crippen LogP contribution < -0.4 is 5.32 Å². The van der Waals surface area contributed by atoms with Gasteiger partial charge in [0.1, 0.15) is 11.5 Å². The fourth-order valence-corrected chi connectivity index (χ4v) is 4.10. The van der Waals surface area contributed by atoms with E-state index < -0.39 is 0 Å². The number of carbonyl (C=O) groups excluding carboxylic acids is 2. The van der Waals surface area contributed by atoms with E-state index in [0.717, 1.165) is 24.2 Å². The van der Waals surface area contributed by atoms with Crippen LogP contribution in [0.5, 0.6) is 0 Å². The first-order chi connectivity index (χ1) is 16.1. The predicted molar refractivity (Wildman–Crippen MR) is 123 cm³/mol. The number of hydrogen-bond acceptors (Lipinski definition) is 4. The summed E-state index contributed by atoms with van der Waals surface area (Å²) < 4.78 is 14.8. The third kappa shape index (κ3) is 4.96. The van der Waals surface area contributed by atoms with Crippen LogP contribution in [0.4, 0.5) is 10.1 Å². The van der Waals surface area contributed by atoms with Gasteiger partial charge in [0.2, 0.25) is 5.91 Å². The van der Waals surface area contributed by atoms with Gasteiger partial charge in [-0.25, -0.2) is 9.07 Å². The Morgan fingerprint density at radius 1 is 0.970 bits per heavy atom. The molecule has 2 fully saturated rings. The van der Waals surface area contributed by atoms with Crippen molar-refractivity contribution in [3.8, 4) is 5.69 Å². The highest BCUT2D eigenvalue weighted by Crippen LogP contribution is 2.39. The van der Waals surface area contributed by atoms with E-state index in [-0.39, 0.29) is 24.2 Å². The summed E-state index contributed by atoms with van der Waals surface area (Å²) in [6.45, 7) is 2.53. The van der Waals surface area contributed by atoms with E-state index in [0.29, 0.717) is 43.5 Å². The van der Waals surface area contributed by atoms with Crippen LogP contribution in [0, 0.1) is 5.82 Å². The lowest BCUT2D eigenvalue weighted by Gasteiger charge is -2.34. The maximum Gasteiger partial charge on any atom is 0.272 e. The molecule has 0 atom stereocenters. The minimum Gasteiger partial charge on any atom is -0.335 e. The van der Waals surface area contributed by atoms with Crippen LogP contribution in [0.25, 0.3) is 5.69 Å². The largest absolute Gasteiger partial charge is 0.335 e. The second-order valence-electron chi connectivity index (χ2n) is 8.60. The van der Waals surface area contributed by atoms with Crippen LogP contribution in [0.15, 0.2) is 60.7 Å². The molecule has 0 unspecified atom stereocenters. The number of anilines is 1. The molecule has 2 amide bonds. The number of nitrogens with one attached hydrogen (secondary N) is 1. The zero-order valence-corrected chi connectivity index (χ0v) is 18.3. The summed E-state index contributed by atoms with van der Waals surface area (Å²) >= 11 is 0. The first kappa shape index (κ1) is 21.3. The Labute approximate surface area is 191 Å². The van der Waals surface area contributed by atoms with E-state index in [1.165, 1.54) is 24.3 Å². The molecule has 2 aliphatic rings. The fraction of sp³-hybridized carbons (Fsp3) is 0.320. The van der Waals surface area contributed by atoms with Crippen molar-refractivity contribution < 1.29 is 14.0 Å². The molecule has 3 aromatic rings. The van der Waals surface area contributed by atoms with Crippen LogP contribution in [-0.4, -0.2) is 64.1 Å². The summed E-state index contributed by atoms with van der Waals surface area (Å²) in [6.07, 6.45) is 2.25. The third-order valence-corrected chi connectivity index (χ3v) is 6.10. The molecule has 5 rings (SSSR count). The van der Waals surface area contributed by atoms with E-state index >= 15 is 0 Å². The van der Waals surface area contributed by atoms with Gasteiger partial charge < -0.3 is 10.2 Å². The van der Waals surface area contributed by atoms with Gasteiger partial charge in [-0.3, -0.25) is 14.5 Å². The van der Waals surface area contributed by atoms with Gasteiger partial charge in [0, 0.05) is 37.8 Å². The van der Waals surface area contributed by atoms with Gasteiger partial charge in [-0.1, -0.05) is 18.2 Å². The van der Waals surface area contributed by atoms with E-state index in [4.69, 9.17) is 5.10 Å². The SMILES string of the molecule is O=C(CN1CCN(C(=O)c2cc(C3CC3)nn2-c2ccccc2)CC1)Nc1ccc(F)cc1. The van der Waals surface area contributed by atoms with Crippen LogP contribution in [0.3, 0.4) is 0 Å². The quantitative estimate of drug-likeness (QED) is 0.630. The van der Waals surface area contributed by atoms with Gasteiger partial charge in [0.15, 0.2) is 0 Å². The molecule has 2 aromatic carbocycles. The molecular weight excluding hydrogens is 421 g/mol. The molecule has 0 spiro atoms. The summed E-state index contributed by atoms with van der Waals surface area (Å²) in [7, 11) is 0. The van der Waals surface area contributed by atoms with Gasteiger partial charge in [-0.2, -0.15) is 5.10 Å². The Balaban J connectivity index is 1.21. The third-order valence-electron chi connectivity index (χ3n) is 6.10. The monoisotopic (exact) mass is 447 g/mol. The molecular formula is C25H26FN5O2. The van der Waals surface area contributed by atoms with Gasteiger partial charge in [0.05, 0.1) is 17.9 Å². The number of halogens is 1. The van der Waals surface area contributed by atoms with Crippen LogP contribution >= 0.6 is 0 Å². The van der Waals surface area contributed by atoms with Crippen molar-refractivity contribution in [2.45, 2.75) is 18.8 Å². The highest BCUT2D eigenvalue weighted by atomic mass is 19.1. The standard InChI is InChI=1S/C25H26FN5O2/c26-19-8-10-20(11-9-19)27-24(32)17-29-12-14-30(15-13-29)25(33)23-16-22(18-6-7-18)28-31(23)21-4-2-1-3-5-21/h1-5,8-11,16,18H,6-7,12-15,17H2,(H,27,32). The molecule has 0 radical (unpaired) electrons. The average Bonchev–Trinajstić information content (AvgIpc) is 3.59. The van der Waals surface area contributed by atoms with Gasteiger partial charge in [-0.15, -0.1) is 0 Å². The summed E-state index contributed by atoms with van der Waals surface area (Å²) in [5.41, 5.74) is 3.02. The van der Waals surface area contributed by atoms with Gasteiger partial charge in [-0.05, 0) is 55.3 Å².